The van der Waals surface area contributed by atoms with Crippen LogP contribution in [-0.2, 0) is 0 Å². The van der Waals surface area contributed by atoms with Crippen LogP contribution in [0.2, 0.25) is 0 Å². The van der Waals surface area contributed by atoms with Crippen molar-refractivity contribution in [3.63, 3.8) is 0 Å². The lowest BCUT2D eigenvalue weighted by Crippen LogP contribution is -1.90. The largest absolute Gasteiger partial charge is 0.388 e. The fourth-order valence-corrected chi connectivity index (χ4v) is 1.09. The Morgan fingerprint density at radius 2 is 1.67 bits per heavy atom. The van der Waals surface area contributed by atoms with Crippen LogP contribution in [0.4, 0.5) is 5.69 Å². The predicted octanol–water partition coefficient (Wildman–Crippen LogP) is 3.37. The average molecular weight is 165 g/mol. The van der Waals surface area contributed by atoms with Crippen LogP contribution in [0.15, 0.2) is 18.2 Å². The highest BCUT2D eigenvalue weighted by molar-refractivity contribution is 5.51. The van der Waals surface area contributed by atoms with Gasteiger partial charge in [0.1, 0.15) is 0 Å². The molecule has 0 aliphatic rings. The summed E-state index contributed by atoms with van der Waals surface area (Å²) in [6.07, 6.45) is 0. The van der Waals surface area contributed by atoms with Crippen LogP contribution in [0.3, 0.4) is 0 Å². The van der Waals surface area contributed by atoms with Gasteiger partial charge in [0.15, 0.2) is 0 Å². The SMILES string of the molecule is CC.CNc1ccc(C)cc1C. The third-order valence-corrected chi connectivity index (χ3v) is 1.65. The van der Waals surface area contributed by atoms with Gasteiger partial charge < -0.3 is 5.32 Å². The summed E-state index contributed by atoms with van der Waals surface area (Å²) < 4.78 is 0. The first-order valence-corrected chi connectivity index (χ1v) is 4.49. The number of benzene rings is 1. The number of nitrogens with one attached hydrogen (secondary N) is 1. The van der Waals surface area contributed by atoms with Gasteiger partial charge in [0, 0.05) is 12.7 Å². The summed E-state index contributed by atoms with van der Waals surface area (Å²) in [5.74, 6) is 0. The molecular weight excluding hydrogens is 146 g/mol. The molecule has 1 heteroatoms. The minimum absolute atomic E-state index is 1.21. The molecule has 1 rings (SSSR count). The van der Waals surface area contributed by atoms with E-state index in [1.807, 2.05) is 20.9 Å². The van der Waals surface area contributed by atoms with Crippen molar-refractivity contribution < 1.29 is 0 Å². The van der Waals surface area contributed by atoms with Crippen molar-refractivity contribution in [2.24, 2.45) is 0 Å². The maximum absolute atomic E-state index is 3.12. The summed E-state index contributed by atoms with van der Waals surface area (Å²) in [7, 11) is 1.94. The Kier molecular flexibility index (Phi) is 5.18. The highest BCUT2D eigenvalue weighted by atomic mass is 14.8. The van der Waals surface area contributed by atoms with Gasteiger partial charge in [-0.15, -0.1) is 0 Å². The first kappa shape index (κ1) is 11.0. The van der Waals surface area contributed by atoms with Gasteiger partial charge in [-0.3, -0.25) is 0 Å². The third kappa shape index (κ3) is 2.95. The Hall–Kier alpha value is -0.980. The number of rotatable bonds is 1. The molecule has 12 heavy (non-hydrogen) atoms. The Morgan fingerprint density at radius 1 is 1.08 bits per heavy atom. The van der Waals surface area contributed by atoms with Crippen molar-refractivity contribution in [3.8, 4) is 0 Å². The van der Waals surface area contributed by atoms with Gasteiger partial charge in [0.2, 0.25) is 0 Å². The molecule has 1 aromatic carbocycles. The molecule has 1 nitrogen and oxygen atoms in total. The molecule has 68 valence electrons. The molecule has 1 aromatic rings. The van der Waals surface area contributed by atoms with E-state index in [4.69, 9.17) is 0 Å². The molecule has 0 aromatic heterocycles. The van der Waals surface area contributed by atoms with E-state index in [0.717, 1.165) is 0 Å². The Balaban J connectivity index is 0.000000561. The topological polar surface area (TPSA) is 12.0 Å². The van der Waals surface area contributed by atoms with Gasteiger partial charge in [-0.25, -0.2) is 0 Å². The summed E-state index contributed by atoms with van der Waals surface area (Å²) in [5.41, 5.74) is 3.84. The second-order valence-corrected chi connectivity index (χ2v) is 2.57. The molecule has 0 bridgehead atoms. The standard InChI is InChI=1S/C9H13N.C2H6/c1-7-4-5-9(10-3)8(2)6-7;1-2/h4-6,10H,1-3H3;1-2H3. The van der Waals surface area contributed by atoms with Crippen molar-refractivity contribution in [1.82, 2.24) is 0 Å². The predicted molar refractivity (Wildman–Crippen MR) is 56.8 cm³/mol. The smallest absolute Gasteiger partial charge is 0.0367 e. The maximum Gasteiger partial charge on any atom is 0.0367 e. The van der Waals surface area contributed by atoms with Crippen molar-refractivity contribution in [2.45, 2.75) is 27.7 Å². The quantitative estimate of drug-likeness (QED) is 0.672. The number of aryl methyl sites for hydroxylation is 2. The lowest BCUT2D eigenvalue weighted by atomic mass is 10.1. The third-order valence-electron chi connectivity index (χ3n) is 1.65. The molecule has 0 aliphatic heterocycles. The van der Waals surface area contributed by atoms with E-state index in [2.05, 4.69) is 37.4 Å². The summed E-state index contributed by atoms with van der Waals surface area (Å²) in [5, 5.41) is 3.12. The van der Waals surface area contributed by atoms with Gasteiger partial charge in [-0.1, -0.05) is 31.5 Å². The van der Waals surface area contributed by atoms with Gasteiger partial charge in [0.25, 0.3) is 0 Å². The molecular formula is C11H19N. The van der Waals surface area contributed by atoms with E-state index in [9.17, 15) is 0 Å². The van der Waals surface area contributed by atoms with E-state index in [-0.39, 0.29) is 0 Å². The van der Waals surface area contributed by atoms with Gasteiger partial charge in [-0.05, 0) is 25.5 Å². The van der Waals surface area contributed by atoms with Crippen LogP contribution in [0.1, 0.15) is 25.0 Å². The monoisotopic (exact) mass is 165 g/mol. The zero-order chi connectivity index (χ0) is 9.56. The molecule has 0 heterocycles. The first-order chi connectivity index (χ1) is 5.74. The second kappa shape index (κ2) is 5.64. The zero-order valence-electron chi connectivity index (χ0n) is 8.73. The van der Waals surface area contributed by atoms with Gasteiger partial charge in [0.05, 0.1) is 0 Å². The molecule has 1 N–H and O–H groups in total. The maximum atomic E-state index is 3.12. The van der Waals surface area contributed by atoms with E-state index in [1.54, 1.807) is 0 Å². The lowest BCUT2D eigenvalue weighted by Gasteiger charge is -2.04. The molecule has 0 amide bonds. The van der Waals surface area contributed by atoms with Crippen LogP contribution >= 0.6 is 0 Å². The fraction of sp³-hybridized carbons (Fsp3) is 0.455. The van der Waals surface area contributed by atoms with E-state index >= 15 is 0 Å². The molecule has 0 spiro atoms. The van der Waals surface area contributed by atoms with Crippen molar-refractivity contribution in [3.05, 3.63) is 29.3 Å². The summed E-state index contributed by atoms with van der Waals surface area (Å²) in [6, 6.07) is 6.38. The summed E-state index contributed by atoms with van der Waals surface area (Å²) in [4.78, 5) is 0. The van der Waals surface area contributed by atoms with Crippen LogP contribution < -0.4 is 5.32 Å². The molecule has 0 saturated carbocycles. The van der Waals surface area contributed by atoms with Crippen molar-refractivity contribution in [2.75, 3.05) is 12.4 Å². The van der Waals surface area contributed by atoms with Crippen molar-refractivity contribution >= 4 is 5.69 Å². The highest BCUT2D eigenvalue weighted by Crippen LogP contribution is 2.14. The van der Waals surface area contributed by atoms with Gasteiger partial charge in [-0.2, -0.15) is 0 Å². The normalized spacial score (nSPS) is 8.42. The number of anilines is 1. The number of hydrogen-bond donors (Lipinski definition) is 1. The van der Waals surface area contributed by atoms with Gasteiger partial charge >= 0.3 is 0 Å². The Bertz CT molecular complexity index is 228. The summed E-state index contributed by atoms with van der Waals surface area (Å²) >= 11 is 0. The highest BCUT2D eigenvalue weighted by Gasteiger charge is 1.92. The molecule has 0 unspecified atom stereocenters. The van der Waals surface area contributed by atoms with Crippen LogP contribution in [0.25, 0.3) is 0 Å². The van der Waals surface area contributed by atoms with E-state index in [0.29, 0.717) is 0 Å². The lowest BCUT2D eigenvalue weighted by molar-refractivity contribution is 1.35. The molecule has 0 atom stereocenters. The second-order valence-electron chi connectivity index (χ2n) is 2.57. The average Bonchev–Trinajstić information content (AvgIpc) is 2.08. The minimum Gasteiger partial charge on any atom is -0.388 e. The summed E-state index contributed by atoms with van der Waals surface area (Å²) in [6.45, 7) is 8.21. The first-order valence-electron chi connectivity index (χ1n) is 4.49. The Morgan fingerprint density at radius 3 is 2.08 bits per heavy atom. The Labute approximate surface area is 75.8 Å². The van der Waals surface area contributed by atoms with E-state index < -0.39 is 0 Å². The molecule has 0 radical (unpaired) electrons. The molecule has 0 aliphatic carbocycles. The van der Waals surface area contributed by atoms with Crippen molar-refractivity contribution in [1.29, 1.82) is 0 Å². The van der Waals surface area contributed by atoms with Crippen LogP contribution in [0, 0.1) is 13.8 Å². The minimum atomic E-state index is 1.21. The van der Waals surface area contributed by atoms with E-state index in [1.165, 1.54) is 16.8 Å². The zero-order valence-corrected chi connectivity index (χ0v) is 8.73. The molecule has 0 fully saturated rings. The molecule has 0 saturated heterocycles. The fourth-order valence-electron chi connectivity index (χ4n) is 1.09. The van der Waals surface area contributed by atoms with Crippen LogP contribution in [-0.4, -0.2) is 7.05 Å². The van der Waals surface area contributed by atoms with Crippen LogP contribution in [0.5, 0.6) is 0 Å². The number of hydrogen-bond acceptors (Lipinski definition) is 1.